The maximum Gasteiger partial charge on any atom is 0.161 e. The lowest BCUT2D eigenvalue weighted by Crippen LogP contribution is -2.49. The maximum absolute atomic E-state index is 5.54. The zero-order chi connectivity index (χ0) is 13.7. The second-order valence-corrected chi connectivity index (χ2v) is 5.04. The normalized spacial score (nSPS) is 20.3. The number of methoxy groups -OCH3 is 1. The molecule has 19 heavy (non-hydrogen) atoms. The number of hydrogen-bond acceptors (Lipinski definition) is 4. The predicted octanol–water partition coefficient (Wildman–Crippen LogP) is 1.54. The van der Waals surface area contributed by atoms with Gasteiger partial charge in [0.1, 0.15) is 0 Å². The molecule has 1 aliphatic rings. The summed E-state index contributed by atoms with van der Waals surface area (Å²) in [5.74, 6) is 1.64. The largest absolute Gasteiger partial charge is 0.493 e. The Morgan fingerprint density at radius 2 is 2.21 bits per heavy atom. The number of nitrogens with zero attached hydrogens (tertiary/aromatic N) is 1. The molecule has 0 bridgehead atoms. The molecule has 1 N–H and O–H groups in total. The Kier molecular flexibility index (Phi) is 5.05. The summed E-state index contributed by atoms with van der Waals surface area (Å²) in [5.41, 5.74) is 1.29. The monoisotopic (exact) mass is 264 g/mol. The first-order valence-corrected chi connectivity index (χ1v) is 6.94. The van der Waals surface area contributed by atoms with Crippen molar-refractivity contribution >= 4 is 0 Å². The summed E-state index contributed by atoms with van der Waals surface area (Å²) in [6.45, 7) is 5.92. The van der Waals surface area contributed by atoms with Crippen molar-refractivity contribution in [1.29, 1.82) is 0 Å². The minimum Gasteiger partial charge on any atom is -0.493 e. The minimum absolute atomic E-state index is 0.515. The van der Waals surface area contributed by atoms with Crippen LogP contribution in [0.25, 0.3) is 0 Å². The van der Waals surface area contributed by atoms with Crippen molar-refractivity contribution in [3.05, 3.63) is 23.8 Å². The number of ether oxygens (including phenoxy) is 2. The molecule has 0 radical (unpaired) electrons. The molecule has 2 rings (SSSR count). The number of likely N-dealkylation sites (N-methyl/N-ethyl adjacent to an activating group) is 1. The molecule has 0 amide bonds. The van der Waals surface area contributed by atoms with Crippen molar-refractivity contribution in [2.45, 2.75) is 19.4 Å². The molecule has 1 aromatic carbocycles. The maximum atomic E-state index is 5.54. The molecule has 0 spiro atoms. The van der Waals surface area contributed by atoms with E-state index < -0.39 is 0 Å². The standard InChI is InChI=1S/C15H24N2O2/c1-4-19-14-6-5-12(10-15(14)18-3)9-13-11-17(2)8-7-16-13/h5-6,10,13,16H,4,7-9,11H2,1-3H3. The third kappa shape index (κ3) is 3.85. The fourth-order valence-electron chi connectivity index (χ4n) is 2.53. The van der Waals surface area contributed by atoms with Gasteiger partial charge in [-0.3, -0.25) is 0 Å². The number of benzene rings is 1. The SMILES string of the molecule is CCOc1ccc(CC2CN(C)CCN2)cc1OC. The average Bonchev–Trinajstić information content (AvgIpc) is 2.41. The van der Waals surface area contributed by atoms with Crippen LogP contribution in [-0.2, 0) is 6.42 Å². The van der Waals surface area contributed by atoms with Crippen LogP contribution >= 0.6 is 0 Å². The summed E-state index contributed by atoms with van der Waals surface area (Å²) in [6.07, 6.45) is 1.02. The van der Waals surface area contributed by atoms with Gasteiger partial charge in [-0.05, 0) is 38.1 Å². The van der Waals surface area contributed by atoms with Crippen LogP contribution in [0.15, 0.2) is 18.2 Å². The summed E-state index contributed by atoms with van der Waals surface area (Å²) in [6, 6.07) is 6.73. The minimum atomic E-state index is 0.515. The van der Waals surface area contributed by atoms with E-state index in [-0.39, 0.29) is 0 Å². The van der Waals surface area contributed by atoms with E-state index in [1.54, 1.807) is 7.11 Å². The summed E-state index contributed by atoms with van der Waals surface area (Å²) in [7, 11) is 3.86. The molecule has 1 unspecified atom stereocenters. The summed E-state index contributed by atoms with van der Waals surface area (Å²) in [5, 5.41) is 3.56. The Bertz CT molecular complexity index is 409. The topological polar surface area (TPSA) is 33.7 Å². The van der Waals surface area contributed by atoms with E-state index in [1.165, 1.54) is 5.56 Å². The zero-order valence-corrected chi connectivity index (χ0v) is 12.1. The van der Waals surface area contributed by atoms with Crippen molar-refractivity contribution in [2.24, 2.45) is 0 Å². The van der Waals surface area contributed by atoms with Gasteiger partial charge < -0.3 is 19.7 Å². The van der Waals surface area contributed by atoms with Crippen LogP contribution in [0, 0.1) is 0 Å². The van der Waals surface area contributed by atoms with E-state index in [0.29, 0.717) is 12.6 Å². The van der Waals surface area contributed by atoms with Crippen LogP contribution in [0.1, 0.15) is 12.5 Å². The number of rotatable bonds is 5. The van der Waals surface area contributed by atoms with Crippen LogP contribution in [0.2, 0.25) is 0 Å². The van der Waals surface area contributed by atoms with Crippen LogP contribution < -0.4 is 14.8 Å². The van der Waals surface area contributed by atoms with Gasteiger partial charge in [0.15, 0.2) is 11.5 Å². The molecule has 1 atom stereocenters. The summed E-state index contributed by atoms with van der Waals surface area (Å²) >= 11 is 0. The van der Waals surface area contributed by atoms with Crippen molar-refractivity contribution in [2.75, 3.05) is 40.4 Å². The predicted molar refractivity (Wildman–Crippen MR) is 77.2 cm³/mol. The molecule has 1 fully saturated rings. The van der Waals surface area contributed by atoms with Crippen LogP contribution in [0.4, 0.5) is 0 Å². The average molecular weight is 264 g/mol. The lowest BCUT2D eigenvalue weighted by Gasteiger charge is -2.31. The fourth-order valence-corrected chi connectivity index (χ4v) is 2.53. The second kappa shape index (κ2) is 6.78. The Morgan fingerprint density at radius 1 is 1.37 bits per heavy atom. The Labute approximate surface area is 115 Å². The van der Waals surface area contributed by atoms with Gasteiger partial charge in [-0.2, -0.15) is 0 Å². The molecule has 0 aromatic heterocycles. The van der Waals surface area contributed by atoms with Gasteiger partial charge in [-0.1, -0.05) is 6.07 Å². The van der Waals surface area contributed by atoms with Crippen LogP contribution in [0.3, 0.4) is 0 Å². The molecule has 1 saturated heterocycles. The van der Waals surface area contributed by atoms with E-state index in [2.05, 4.69) is 29.4 Å². The highest BCUT2D eigenvalue weighted by Gasteiger charge is 2.17. The van der Waals surface area contributed by atoms with Crippen molar-refractivity contribution in [3.8, 4) is 11.5 Å². The van der Waals surface area contributed by atoms with Crippen molar-refractivity contribution < 1.29 is 9.47 Å². The van der Waals surface area contributed by atoms with Gasteiger partial charge >= 0.3 is 0 Å². The quantitative estimate of drug-likeness (QED) is 0.874. The highest BCUT2D eigenvalue weighted by molar-refractivity contribution is 5.43. The van der Waals surface area contributed by atoms with Crippen LogP contribution in [0.5, 0.6) is 11.5 Å². The molecule has 106 valence electrons. The van der Waals surface area contributed by atoms with Gasteiger partial charge in [0.2, 0.25) is 0 Å². The van der Waals surface area contributed by atoms with Crippen molar-refractivity contribution in [1.82, 2.24) is 10.2 Å². The molecule has 0 saturated carbocycles. The first kappa shape index (κ1) is 14.2. The van der Waals surface area contributed by atoms with Crippen LogP contribution in [-0.4, -0.2) is 51.3 Å². The van der Waals surface area contributed by atoms with E-state index in [1.807, 2.05) is 13.0 Å². The van der Waals surface area contributed by atoms with E-state index in [9.17, 15) is 0 Å². The van der Waals surface area contributed by atoms with Crippen molar-refractivity contribution in [3.63, 3.8) is 0 Å². The lowest BCUT2D eigenvalue weighted by molar-refractivity contribution is 0.238. The molecule has 4 nitrogen and oxygen atoms in total. The molecule has 0 aliphatic carbocycles. The third-order valence-electron chi connectivity index (χ3n) is 3.47. The first-order valence-electron chi connectivity index (χ1n) is 6.94. The molecule has 1 aromatic rings. The number of hydrogen-bond donors (Lipinski definition) is 1. The lowest BCUT2D eigenvalue weighted by atomic mass is 10.0. The highest BCUT2D eigenvalue weighted by atomic mass is 16.5. The van der Waals surface area contributed by atoms with E-state index in [4.69, 9.17) is 9.47 Å². The van der Waals surface area contributed by atoms with Gasteiger partial charge in [0.05, 0.1) is 13.7 Å². The second-order valence-electron chi connectivity index (χ2n) is 5.04. The number of nitrogens with one attached hydrogen (secondary N) is 1. The van der Waals surface area contributed by atoms with Gasteiger partial charge in [0.25, 0.3) is 0 Å². The fraction of sp³-hybridized carbons (Fsp3) is 0.600. The van der Waals surface area contributed by atoms with E-state index >= 15 is 0 Å². The third-order valence-corrected chi connectivity index (χ3v) is 3.47. The highest BCUT2D eigenvalue weighted by Crippen LogP contribution is 2.28. The molecule has 1 heterocycles. The Balaban J connectivity index is 2.04. The number of piperazine rings is 1. The van der Waals surface area contributed by atoms with Gasteiger partial charge in [-0.15, -0.1) is 0 Å². The Morgan fingerprint density at radius 3 is 2.89 bits per heavy atom. The molecular weight excluding hydrogens is 240 g/mol. The van der Waals surface area contributed by atoms with Gasteiger partial charge in [-0.25, -0.2) is 0 Å². The molecule has 4 heteroatoms. The van der Waals surface area contributed by atoms with E-state index in [0.717, 1.165) is 37.6 Å². The zero-order valence-electron chi connectivity index (χ0n) is 12.1. The van der Waals surface area contributed by atoms with Gasteiger partial charge in [0, 0.05) is 25.7 Å². The summed E-state index contributed by atoms with van der Waals surface area (Å²) in [4.78, 5) is 2.37. The smallest absolute Gasteiger partial charge is 0.161 e. The Hall–Kier alpha value is -1.26. The molecule has 1 aliphatic heterocycles. The molecular formula is C15H24N2O2. The summed E-state index contributed by atoms with van der Waals surface area (Å²) < 4.78 is 10.9. The first-order chi connectivity index (χ1) is 9.22.